The van der Waals surface area contributed by atoms with Gasteiger partial charge < -0.3 is 10.6 Å². The van der Waals surface area contributed by atoms with E-state index in [-0.39, 0.29) is 23.3 Å². The maximum absolute atomic E-state index is 12.1. The van der Waals surface area contributed by atoms with Crippen LogP contribution in [0, 0.1) is 12.8 Å². The lowest BCUT2D eigenvalue weighted by Crippen LogP contribution is -2.32. The second-order valence-corrected chi connectivity index (χ2v) is 9.40. The van der Waals surface area contributed by atoms with Crippen molar-refractivity contribution >= 4 is 45.7 Å². The molecule has 1 aliphatic rings. The van der Waals surface area contributed by atoms with Crippen LogP contribution in [-0.4, -0.2) is 46.3 Å². The van der Waals surface area contributed by atoms with E-state index in [1.54, 1.807) is 0 Å². The van der Waals surface area contributed by atoms with Crippen molar-refractivity contribution in [1.29, 1.82) is 0 Å². The van der Waals surface area contributed by atoms with Crippen LogP contribution in [0.4, 0.5) is 10.8 Å². The van der Waals surface area contributed by atoms with Crippen molar-refractivity contribution in [3.8, 4) is 0 Å². The van der Waals surface area contributed by atoms with Gasteiger partial charge in [-0.2, -0.15) is 0 Å². The molecule has 29 heavy (non-hydrogen) atoms. The first-order valence-electron chi connectivity index (χ1n) is 9.89. The number of hydrogen-bond acceptors (Lipinski definition) is 6. The largest absolute Gasteiger partial charge is 0.325 e. The van der Waals surface area contributed by atoms with Crippen molar-refractivity contribution in [3.63, 3.8) is 0 Å². The van der Waals surface area contributed by atoms with Crippen LogP contribution < -0.4 is 10.6 Å². The number of hydrogen-bond donors (Lipinski definition) is 2. The van der Waals surface area contributed by atoms with Gasteiger partial charge in [0.15, 0.2) is 5.13 Å². The molecule has 1 aromatic carbocycles. The first kappa shape index (κ1) is 21.8. The van der Waals surface area contributed by atoms with Crippen LogP contribution in [0.25, 0.3) is 0 Å². The molecule has 0 atom stereocenters. The first-order chi connectivity index (χ1) is 14.0. The Balaban J connectivity index is 1.35. The van der Waals surface area contributed by atoms with E-state index in [0.29, 0.717) is 5.13 Å². The summed E-state index contributed by atoms with van der Waals surface area (Å²) in [7, 11) is 0. The van der Waals surface area contributed by atoms with Gasteiger partial charge in [0.2, 0.25) is 11.8 Å². The zero-order chi connectivity index (χ0) is 20.6. The quantitative estimate of drug-likeness (QED) is 0.660. The number of nitrogens with zero attached hydrogens (tertiary/aromatic N) is 2. The van der Waals surface area contributed by atoms with Crippen LogP contribution in [0.5, 0.6) is 0 Å². The molecule has 0 spiro atoms. The van der Waals surface area contributed by atoms with Gasteiger partial charge in [0.1, 0.15) is 0 Å². The summed E-state index contributed by atoms with van der Waals surface area (Å²) in [5, 5.41) is 8.31. The third-order valence-electron chi connectivity index (χ3n) is 4.83. The molecule has 8 heteroatoms. The molecule has 2 N–H and O–H groups in total. The number of piperidine rings is 1. The summed E-state index contributed by atoms with van der Waals surface area (Å²) in [5.41, 5.74) is 2.87. The third-order valence-corrected chi connectivity index (χ3v) is 6.57. The smallest absolute Gasteiger partial charge is 0.236 e. The molecule has 2 amide bonds. The topological polar surface area (TPSA) is 74.3 Å². The summed E-state index contributed by atoms with van der Waals surface area (Å²) in [6, 6.07) is 7.65. The van der Waals surface area contributed by atoms with Gasteiger partial charge in [0.05, 0.1) is 17.2 Å². The average Bonchev–Trinajstić information content (AvgIpc) is 3.10. The van der Waals surface area contributed by atoms with Gasteiger partial charge in [-0.15, -0.1) is 23.1 Å². The van der Waals surface area contributed by atoms with Crippen LogP contribution in [0.2, 0.25) is 0 Å². The van der Waals surface area contributed by atoms with Crippen LogP contribution in [0.15, 0.2) is 29.6 Å². The van der Waals surface area contributed by atoms with Crippen LogP contribution in [0.1, 0.15) is 31.0 Å². The molecule has 0 unspecified atom stereocenters. The molecule has 2 aromatic rings. The normalized spacial score (nSPS) is 15.2. The van der Waals surface area contributed by atoms with Crippen LogP contribution in [0.3, 0.4) is 0 Å². The Hall–Kier alpha value is -1.90. The van der Waals surface area contributed by atoms with E-state index in [1.165, 1.54) is 35.9 Å². The van der Waals surface area contributed by atoms with E-state index in [0.717, 1.165) is 42.5 Å². The fourth-order valence-electron chi connectivity index (χ4n) is 3.20. The Kier molecular flexibility index (Phi) is 8.09. The number of amides is 2. The predicted octanol–water partition coefficient (Wildman–Crippen LogP) is 3.99. The number of thiazole rings is 1. The van der Waals surface area contributed by atoms with Crippen molar-refractivity contribution in [2.75, 3.05) is 35.2 Å². The molecule has 0 saturated carbocycles. The zero-order valence-electron chi connectivity index (χ0n) is 16.9. The lowest BCUT2D eigenvalue weighted by molar-refractivity contribution is -0.114. The van der Waals surface area contributed by atoms with Gasteiger partial charge in [-0.25, -0.2) is 4.98 Å². The first-order valence-corrected chi connectivity index (χ1v) is 11.9. The fourth-order valence-corrected chi connectivity index (χ4v) is 4.53. The Morgan fingerprint density at radius 3 is 2.66 bits per heavy atom. The van der Waals surface area contributed by atoms with Gasteiger partial charge in [0, 0.05) is 17.6 Å². The molecule has 156 valence electrons. The number of nitrogens with one attached hydrogen (secondary N) is 2. The molecule has 2 heterocycles. The van der Waals surface area contributed by atoms with E-state index < -0.39 is 0 Å². The predicted molar refractivity (Wildman–Crippen MR) is 122 cm³/mol. The number of anilines is 2. The summed E-state index contributed by atoms with van der Waals surface area (Å²) in [6.45, 7) is 7.35. The highest BCUT2D eigenvalue weighted by molar-refractivity contribution is 8.00. The lowest BCUT2D eigenvalue weighted by Gasteiger charge is -2.29. The van der Waals surface area contributed by atoms with E-state index in [1.807, 2.05) is 36.6 Å². The van der Waals surface area contributed by atoms with Crippen molar-refractivity contribution in [1.82, 2.24) is 9.88 Å². The second-order valence-electron chi connectivity index (χ2n) is 7.56. The molecule has 1 aromatic heterocycles. The van der Waals surface area contributed by atoms with Crippen molar-refractivity contribution in [2.45, 2.75) is 33.2 Å². The third kappa shape index (κ3) is 7.45. The Labute approximate surface area is 180 Å². The molecule has 3 rings (SSSR count). The minimum Gasteiger partial charge on any atom is -0.325 e. The average molecular weight is 433 g/mol. The van der Waals surface area contributed by atoms with Gasteiger partial charge in [-0.3, -0.25) is 14.5 Å². The molecule has 0 aliphatic carbocycles. The highest BCUT2D eigenvalue weighted by Crippen LogP contribution is 2.21. The molecule has 1 aliphatic heterocycles. The Bertz CT molecular complexity index is 832. The van der Waals surface area contributed by atoms with E-state index in [2.05, 4.69) is 27.4 Å². The number of benzene rings is 1. The molecule has 6 nitrogen and oxygen atoms in total. The summed E-state index contributed by atoms with van der Waals surface area (Å²) in [4.78, 5) is 31.1. The number of aromatic nitrogens is 1. The van der Waals surface area contributed by atoms with Crippen molar-refractivity contribution < 1.29 is 9.59 Å². The highest BCUT2D eigenvalue weighted by Gasteiger charge is 2.17. The minimum absolute atomic E-state index is 0.110. The number of rotatable bonds is 8. The van der Waals surface area contributed by atoms with E-state index >= 15 is 0 Å². The fraction of sp³-hybridized carbons (Fsp3) is 0.476. The standard InChI is InChI=1S/C21H28N4O2S2/c1-15-6-8-25(9-7-15)11-18-12-29-21(23-18)24-20(27)14-28-13-19(26)22-17-5-3-4-16(2)10-17/h3-5,10,12,15H,6-9,11,13-14H2,1-2H3,(H,22,26)(H,23,24,27). The summed E-state index contributed by atoms with van der Waals surface area (Å²) in [6.07, 6.45) is 2.48. The number of aryl methyl sites for hydroxylation is 1. The maximum Gasteiger partial charge on any atom is 0.236 e. The van der Waals surface area contributed by atoms with Gasteiger partial charge in [-0.05, 0) is 56.5 Å². The number of carbonyl (C=O) groups excluding carboxylic acids is 2. The SMILES string of the molecule is Cc1cccc(NC(=O)CSCC(=O)Nc2nc(CN3CCC(C)CC3)cs2)c1. The van der Waals surface area contributed by atoms with E-state index in [9.17, 15) is 9.59 Å². The van der Waals surface area contributed by atoms with Gasteiger partial charge in [-0.1, -0.05) is 19.1 Å². The molecular formula is C21H28N4O2S2. The second kappa shape index (κ2) is 10.8. The van der Waals surface area contributed by atoms with Crippen molar-refractivity contribution in [2.24, 2.45) is 5.92 Å². The minimum atomic E-state index is -0.133. The molecule has 1 fully saturated rings. The zero-order valence-corrected chi connectivity index (χ0v) is 18.6. The lowest BCUT2D eigenvalue weighted by atomic mass is 9.99. The molecule has 1 saturated heterocycles. The monoisotopic (exact) mass is 432 g/mol. The molecule has 0 bridgehead atoms. The number of carbonyl (C=O) groups is 2. The summed E-state index contributed by atoms with van der Waals surface area (Å²) < 4.78 is 0. The highest BCUT2D eigenvalue weighted by atomic mass is 32.2. The van der Waals surface area contributed by atoms with Crippen LogP contribution in [-0.2, 0) is 16.1 Å². The summed E-state index contributed by atoms with van der Waals surface area (Å²) in [5.74, 6) is 1.03. The molecular weight excluding hydrogens is 404 g/mol. The molecule has 0 radical (unpaired) electrons. The van der Waals surface area contributed by atoms with Crippen molar-refractivity contribution in [3.05, 3.63) is 40.9 Å². The van der Waals surface area contributed by atoms with Gasteiger partial charge >= 0.3 is 0 Å². The Morgan fingerprint density at radius 2 is 1.93 bits per heavy atom. The maximum atomic E-state index is 12.1. The van der Waals surface area contributed by atoms with Gasteiger partial charge in [0.25, 0.3) is 0 Å². The van der Waals surface area contributed by atoms with E-state index in [4.69, 9.17) is 0 Å². The number of thioether (sulfide) groups is 1. The van der Waals surface area contributed by atoms with Crippen LogP contribution >= 0.6 is 23.1 Å². The summed E-state index contributed by atoms with van der Waals surface area (Å²) >= 11 is 2.74. The Morgan fingerprint density at radius 1 is 1.21 bits per heavy atom. The number of likely N-dealkylation sites (tertiary alicyclic amines) is 1.